The van der Waals surface area contributed by atoms with E-state index in [0.717, 1.165) is 82.2 Å². The maximum Gasteiger partial charge on any atom is 0.126 e. The second kappa shape index (κ2) is 26.3. The quantitative estimate of drug-likeness (QED) is 0.0710. The third kappa shape index (κ3) is 12.6. The average molecular weight is 1090 g/mol. The number of benzene rings is 11. The SMILES string of the molecule is CCc1ccc(N(c2ccc(/C=C/c3ccccc3OC)cc2)c2ccc(-c3ccc(-c4ccc(-c5ccc(-c6ccc(N(c7ccc(/C=C/c8ccccc8OC)cc7)c7ccc(CC)cc7CC)cc6)cc5)cc4)cc3)cc2)c(CC)c1. The molecular formula is C80H72N2O2. The van der Waals surface area contributed by atoms with Crippen LogP contribution in [-0.2, 0) is 25.7 Å². The van der Waals surface area contributed by atoms with Crippen molar-refractivity contribution >= 4 is 58.4 Å². The summed E-state index contributed by atoms with van der Waals surface area (Å²) in [7, 11) is 3.43. The summed E-state index contributed by atoms with van der Waals surface area (Å²) in [6.45, 7) is 8.94. The zero-order valence-corrected chi connectivity index (χ0v) is 49.1. The second-order valence-corrected chi connectivity index (χ2v) is 21.2. The highest BCUT2D eigenvalue weighted by molar-refractivity contribution is 5.84. The van der Waals surface area contributed by atoms with E-state index < -0.39 is 0 Å². The first kappa shape index (κ1) is 56.0. The van der Waals surface area contributed by atoms with E-state index in [4.69, 9.17) is 9.47 Å². The number of aryl methyl sites for hydroxylation is 4. The molecule has 0 saturated heterocycles. The number of hydrogen-bond acceptors (Lipinski definition) is 4. The lowest BCUT2D eigenvalue weighted by atomic mass is 9.96. The monoisotopic (exact) mass is 1090 g/mol. The van der Waals surface area contributed by atoms with Crippen LogP contribution in [-0.4, -0.2) is 14.2 Å². The van der Waals surface area contributed by atoms with Crippen LogP contribution >= 0.6 is 0 Å². The van der Waals surface area contributed by atoms with Crippen molar-refractivity contribution < 1.29 is 9.47 Å². The standard InChI is InChI=1S/C80H72N2O2/c1-7-57-25-53-77(61(9-3)55-57)81(73-45-21-59(22-46-73)19-27-71-15-11-13-17-79(71)83-5)75-49-41-69(42-50-75)67-37-33-65(34-38-67)63-29-31-64(32-30-63)66-35-39-68(40-36-66)70-43-51-76(52-44-70)82(78-54-26-58(8-2)56-62(78)10-4)74-47-23-60(24-48-74)20-28-72-16-12-14-18-80(72)84-6/h11-56H,7-10H2,1-6H3/b27-19+,28-20+. The van der Waals surface area contributed by atoms with Crippen molar-refractivity contribution in [2.75, 3.05) is 24.0 Å². The molecule has 0 aromatic heterocycles. The predicted octanol–water partition coefficient (Wildman–Crippen LogP) is 21.9. The third-order valence-electron chi connectivity index (χ3n) is 16.1. The van der Waals surface area contributed by atoms with Gasteiger partial charge in [0, 0.05) is 45.3 Å². The number of para-hydroxylation sites is 2. The fraction of sp³-hybridized carbons (Fsp3) is 0.125. The Morgan fingerprint density at radius 2 is 0.560 bits per heavy atom. The Balaban J connectivity index is 0.776. The molecule has 0 amide bonds. The summed E-state index contributed by atoms with van der Waals surface area (Å²) in [6.07, 6.45) is 12.4. The van der Waals surface area contributed by atoms with Gasteiger partial charge in [0.15, 0.2) is 0 Å². The molecule has 0 saturated carbocycles. The largest absolute Gasteiger partial charge is 0.496 e. The molecule has 414 valence electrons. The molecule has 0 spiro atoms. The maximum atomic E-state index is 5.59. The van der Waals surface area contributed by atoms with Crippen LogP contribution in [0.4, 0.5) is 34.1 Å². The zero-order valence-electron chi connectivity index (χ0n) is 49.1. The molecule has 84 heavy (non-hydrogen) atoms. The number of methoxy groups -OCH3 is 2. The molecule has 0 aliphatic carbocycles. The topological polar surface area (TPSA) is 24.9 Å². The van der Waals surface area contributed by atoms with Crippen LogP contribution in [0.2, 0.25) is 0 Å². The fourth-order valence-corrected chi connectivity index (χ4v) is 11.2. The second-order valence-electron chi connectivity index (χ2n) is 21.2. The Labute approximate surface area is 497 Å². The summed E-state index contributed by atoms with van der Waals surface area (Å²) in [6, 6.07) is 92.5. The summed E-state index contributed by atoms with van der Waals surface area (Å²) in [5.41, 5.74) is 26.0. The number of hydrogen-bond donors (Lipinski definition) is 0. The Bertz CT molecular complexity index is 3760. The third-order valence-corrected chi connectivity index (χ3v) is 16.1. The molecular weight excluding hydrogens is 1020 g/mol. The highest BCUT2D eigenvalue weighted by Crippen LogP contribution is 2.41. The molecule has 0 bridgehead atoms. The zero-order chi connectivity index (χ0) is 57.8. The Morgan fingerprint density at radius 3 is 0.833 bits per heavy atom. The van der Waals surface area contributed by atoms with Crippen LogP contribution in [0.1, 0.15) is 72.2 Å². The van der Waals surface area contributed by atoms with Crippen molar-refractivity contribution in [2.24, 2.45) is 0 Å². The van der Waals surface area contributed by atoms with Gasteiger partial charge in [-0.3, -0.25) is 0 Å². The van der Waals surface area contributed by atoms with Gasteiger partial charge in [-0.1, -0.05) is 234 Å². The van der Waals surface area contributed by atoms with Crippen LogP contribution in [0.3, 0.4) is 0 Å². The first-order chi connectivity index (χ1) is 41.3. The summed E-state index contributed by atoms with van der Waals surface area (Å²) in [4.78, 5) is 4.79. The van der Waals surface area contributed by atoms with Gasteiger partial charge in [0.05, 0.1) is 14.2 Å². The van der Waals surface area contributed by atoms with E-state index in [9.17, 15) is 0 Å². The van der Waals surface area contributed by atoms with Gasteiger partial charge in [0.2, 0.25) is 0 Å². The van der Waals surface area contributed by atoms with Crippen molar-refractivity contribution in [1.29, 1.82) is 0 Å². The minimum atomic E-state index is 0.861. The summed E-state index contributed by atoms with van der Waals surface area (Å²) < 4.78 is 11.2. The van der Waals surface area contributed by atoms with Crippen LogP contribution in [0.25, 0.3) is 68.8 Å². The van der Waals surface area contributed by atoms with Crippen molar-refractivity contribution in [3.05, 3.63) is 299 Å². The van der Waals surface area contributed by atoms with E-state index >= 15 is 0 Å². The smallest absolute Gasteiger partial charge is 0.126 e. The van der Waals surface area contributed by atoms with E-state index in [2.05, 4.69) is 280 Å². The lowest BCUT2D eigenvalue weighted by molar-refractivity contribution is 0.414. The van der Waals surface area contributed by atoms with Gasteiger partial charge >= 0.3 is 0 Å². The first-order valence-corrected chi connectivity index (χ1v) is 29.5. The van der Waals surface area contributed by atoms with Gasteiger partial charge in [-0.05, 0) is 176 Å². The minimum Gasteiger partial charge on any atom is -0.496 e. The number of ether oxygens (including phenoxy) is 2. The fourth-order valence-electron chi connectivity index (χ4n) is 11.2. The number of nitrogens with zero attached hydrogens (tertiary/aromatic N) is 2. The number of anilines is 6. The van der Waals surface area contributed by atoms with Gasteiger partial charge in [0.25, 0.3) is 0 Å². The molecule has 11 aromatic rings. The molecule has 0 aliphatic heterocycles. The summed E-state index contributed by atoms with van der Waals surface area (Å²) in [5, 5.41) is 0. The highest BCUT2D eigenvalue weighted by atomic mass is 16.5. The molecule has 0 N–H and O–H groups in total. The molecule has 0 fully saturated rings. The Hall–Kier alpha value is -9.90. The van der Waals surface area contributed by atoms with Gasteiger partial charge in [0.1, 0.15) is 11.5 Å². The molecule has 4 nitrogen and oxygen atoms in total. The summed E-state index contributed by atoms with van der Waals surface area (Å²) >= 11 is 0. The molecule has 0 atom stereocenters. The minimum absolute atomic E-state index is 0.861. The van der Waals surface area contributed by atoms with Crippen LogP contribution < -0.4 is 19.3 Å². The van der Waals surface area contributed by atoms with Gasteiger partial charge in [-0.25, -0.2) is 0 Å². The Morgan fingerprint density at radius 1 is 0.286 bits per heavy atom. The van der Waals surface area contributed by atoms with Crippen molar-refractivity contribution in [2.45, 2.75) is 53.4 Å². The van der Waals surface area contributed by atoms with Gasteiger partial charge in [-0.15, -0.1) is 0 Å². The maximum absolute atomic E-state index is 5.59. The van der Waals surface area contributed by atoms with E-state index in [-0.39, 0.29) is 0 Å². The van der Waals surface area contributed by atoms with Crippen LogP contribution in [0.15, 0.2) is 255 Å². The van der Waals surface area contributed by atoms with Crippen molar-refractivity contribution in [3.8, 4) is 56.0 Å². The average Bonchev–Trinajstić information content (AvgIpc) is 3.75. The molecule has 0 unspecified atom stereocenters. The lowest BCUT2D eigenvalue weighted by Crippen LogP contribution is -2.12. The van der Waals surface area contributed by atoms with Gasteiger partial charge < -0.3 is 19.3 Å². The van der Waals surface area contributed by atoms with Crippen LogP contribution in [0, 0.1) is 0 Å². The normalized spacial score (nSPS) is 11.3. The van der Waals surface area contributed by atoms with Gasteiger partial charge in [-0.2, -0.15) is 0 Å². The molecule has 0 heterocycles. The molecule has 0 radical (unpaired) electrons. The predicted molar refractivity (Wildman–Crippen MR) is 359 cm³/mol. The Kier molecular flexibility index (Phi) is 17.6. The lowest BCUT2D eigenvalue weighted by Gasteiger charge is -2.28. The van der Waals surface area contributed by atoms with Crippen molar-refractivity contribution in [3.63, 3.8) is 0 Å². The summed E-state index contributed by atoms with van der Waals surface area (Å²) in [5.74, 6) is 1.72. The highest BCUT2D eigenvalue weighted by Gasteiger charge is 2.19. The number of rotatable bonds is 20. The van der Waals surface area contributed by atoms with E-state index in [0.29, 0.717) is 0 Å². The van der Waals surface area contributed by atoms with E-state index in [1.165, 1.54) is 78.1 Å². The van der Waals surface area contributed by atoms with Crippen molar-refractivity contribution in [1.82, 2.24) is 0 Å². The van der Waals surface area contributed by atoms with E-state index in [1.54, 1.807) is 14.2 Å². The first-order valence-electron chi connectivity index (χ1n) is 29.5. The van der Waals surface area contributed by atoms with E-state index in [1.807, 2.05) is 36.4 Å². The molecule has 11 rings (SSSR count). The molecule has 4 heteroatoms. The van der Waals surface area contributed by atoms with Crippen LogP contribution in [0.5, 0.6) is 11.5 Å². The molecule has 11 aromatic carbocycles. The molecule has 0 aliphatic rings.